The second-order valence-electron chi connectivity index (χ2n) is 6.60. The maximum Gasteiger partial charge on any atom is 0.321 e. The molecule has 0 bridgehead atoms. The number of hydrogen-bond donors (Lipinski definition) is 2. The van der Waals surface area contributed by atoms with Crippen molar-refractivity contribution in [2.45, 2.75) is 18.9 Å². The van der Waals surface area contributed by atoms with E-state index in [0.717, 1.165) is 12.8 Å². The molecular weight excluding hydrogens is 376 g/mol. The number of methoxy groups -OCH3 is 2. The number of benzene rings is 1. The highest BCUT2D eigenvalue weighted by Crippen LogP contribution is 2.26. The van der Waals surface area contributed by atoms with Crippen molar-refractivity contribution in [2.24, 2.45) is 5.73 Å². The van der Waals surface area contributed by atoms with Crippen LogP contribution in [0.1, 0.15) is 23.3 Å². The summed E-state index contributed by atoms with van der Waals surface area (Å²) in [6.45, 7) is 1.04. The van der Waals surface area contributed by atoms with Crippen molar-refractivity contribution in [1.29, 1.82) is 0 Å². The number of urea groups is 1. The summed E-state index contributed by atoms with van der Waals surface area (Å²) in [6.07, 6.45) is 2.87. The van der Waals surface area contributed by atoms with Crippen LogP contribution >= 0.6 is 0 Å². The fourth-order valence-electron chi connectivity index (χ4n) is 3.11. The molecule has 1 aliphatic heterocycles. The number of anilines is 1. The zero-order valence-electron chi connectivity index (χ0n) is 16.4. The monoisotopic (exact) mass is 400 g/mol. The zero-order valence-corrected chi connectivity index (χ0v) is 16.4. The lowest BCUT2D eigenvalue weighted by molar-refractivity contribution is 0.0989. The Bertz CT molecular complexity index is 867. The third-order valence-electron chi connectivity index (χ3n) is 4.55. The molecule has 154 valence electrons. The predicted molar refractivity (Wildman–Crippen MR) is 107 cm³/mol. The molecule has 9 nitrogen and oxygen atoms in total. The van der Waals surface area contributed by atoms with E-state index in [-0.39, 0.29) is 17.8 Å². The van der Waals surface area contributed by atoms with E-state index in [1.165, 1.54) is 12.3 Å². The minimum Gasteiger partial charge on any atom is -0.497 e. The highest BCUT2D eigenvalue weighted by Gasteiger charge is 2.25. The molecule has 29 heavy (non-hydrogen) atoms. The average Bonchev–Trinajstić information content (AvgIpc) is 2.73. The molecule has 1 saturated heterocycles. The number of pyridine rings is 1. The van der Waals surface area contributed by atoms with Gasteiger partial charge in [-0.15, -0.1) is 0 Å². The van der Waals surface area contributed by atoms with Crippen LogP contribution < -0.4 is 25.3 Å². The second kappa shape index (κ2) is 9.13. The van der Waals surface area contributed by atoms with Crippen LogP contribution in [0.5, 0.6) is 17.2 Å². The molecule has 3 amide bonds. The number of likely N-dealkylation sites (tertiary alicyclic amines) is 1. The van der Waals surface area contributed by atoms with Crippen LogP contribution in [-0.2, 0) is 0 Å². The summed E-state index contributed by atoms with van der Waals surface area (Å²) in [5, 5.41) is 2.87. The lowest BCUT2D eigenvalue weighted by atomic mass is 10.1. The van der Waals surface area contributed by atoms with Gasteiger partial charge in [-0.05, 0) is 18.9 Å². The lowest BCUT2D eigenvalue weighted by Crippen LogP contribution is -2.46. The number of hydrogen-bond acceptors (Lipinski definition) is 6. The number of rotatable bonds is 6. The summed E-state index contributed by atoms with van der Waals surface area (Å²) in [6, 6.07) is 8.11. The first-order valence-corrected chi connectivity index (χ1v) is 9.20. The Kier molecular flexibility index (Phi) is 6.38. The highest BCUT2D eigenvalue weighted by molar-refractivity contribution is 5.91. The first-order chi connectivity index (χ1) is 14.0. The maximum atomic E-state index is 12.7. The molecule has 1 aromatic carbocycles. The van der Waals surface area contributed by atoms with Crippen LogP contribution in [0.4, 0.5) is 10.5 Å². The fraction of sp³-hybridized carbons (Fsp3) is 0.350. The van der Waals surface area contributed by atoms with Crippen LogP contribution in [0.15, 0.2) is 36.5 Å². The van der Waals surface area contributed by atoms with E-state index in [2.05, 4.69) is 10.3 Å². The topological polar surface area (TPSA) is 116 Å². The van der Waals surface area contributed by atoms with E-state index >= 15 is 0 Å². The smallest absolute Gasteiger partial charge is 0.321 e. The maximum absolute atomic E-state index is 12.7. The van der Waals surface area contributed by atoms with Gasteiger partial charge in [0.1, 0.15) is 29.0 Å². The van der Waals surface area contributed by atoms with Gasteiger partial charge in [-0.2, -0.15) is 0 Å². The third kappa shape index (κ3) is 5.28. The summed E-state index contributed by atoms with van der Waals surface area (Å²) in [4.78, 5) is 29.6. The number of nitrogens with one attached hydrogen (secondary N) is 1. The first-order valence-electron chi connectivity index (χ1n) is 9.20. The predicted octanol–water partition coefficient (Wildman–Crippen LogP) is 2.27. The number of ether oxygens (including phenoxy) is 3. The Balaban J connectivity index is 1.64. The van der Waals surface area contributed by atoms with Gasteiger partial charge >= 0.3 is 6.03 Å². The van der Waals surface area contributed by atoms with Gasteiger partial charge in [-0.25, -0.2) is 4.79 Å². The van der Waals surface area contributed by atoms with E-state index in [4.69, 9.17) is 19.9 Å². The van der Waals surface area contributed by atoms with Crippen molar-refractivity contribution in [3.05, 3.63) is 42.2 Å². The Hall–Kier alpha value is -3.49. The molecule has 2 aromatic rings. The molecule has 1 aromatic heterocycles. The summed E-state index contributed by atoms with van der Waals surface area (Å²) in [5.41, 5.74) is 5.97. The standard InChI is InChI=1S/C20H24N4O5/c1-27-16-8-13(9-17(10-16)28-2)23-20(26)24-7-3-4-15(12-24)29-14-5-6-22-18(11-14)19(21)25/h5-6,8-11,15H,3-4,7,12H2,1-2H3,(H2,21,25)(H,23,26). The quantitative estimate of drug-likeness (QED) is 0.768. The van der Waals surface area contributed by atoms with E-state index in [1.807, 2.05) is 0 Å². The first kappa shape index (κ1) is 20.2. The lowest BCUT2D eigenvalue weighted by Gasteiger charge is -2.33. The molecule has 1 unspecified atom stereocenters. The SMILES string of the molecule is COc1cc(NC(=O)N2CCCC(Oc3ccnc(C(N)=O)c3)C2)cc(OC)c1. The van der Waals surface area contributed by atoms with Crippen molar-refractivity contribution in [1.82, 2.24) is 9.88 Å². The fourth-order valence-corrected chi connectivity index (χ4v) is 3.11. The van der Waals surface area contributed by atoms with Gasteiger partial charge in [-0.3, -0.25) is 9.78 Å². The van der Waals surface area contributed by atoms with Gasteiger partial charge in [-0.1, -0.05) is 0 Å². The second-order valence-corrected chi connectivity index (χ2v) is 6.60. The van der Waals surface area contributed by atoms with Crippen molar-refractivity contribution >= 4 is 17.6 Å². The molecule has 0 radical (unpaired) electrons. The Morgan fingerprint density at radius 2 is 1.86 bits per heavy atom. The van der Waals surface area contributed by atoms with Crippen LogP contribution in [0, 0.1) is 0 Å². The van der Waals surface area contributed by atoms with E-state index in [1.54, 1.807) is 43.4 Å². The molecule has 1 atom stereocenters. The van der Waals surface area contributed by atoms with Crippen molar-refractivity contribution in [2.75, 3.05) is 32.6 Å². The van der Waals surface area contributed by atoms with E-state index in [9.17, 15) is 9.59 Å². The molecular formula is C20H24N4O5. The normalized spacial score (nSPS) is 16.1. The number of nitrogens with zero attached hydrogens (tertiary/aromatic N) is 2. The van der Waals surface area contributed by atoms with Gasteiger partial charge < -0.3 is 30.2 Å². The highest BCUT2D eigenvalue weighted by atomic mass is 16.5. The molecule has 9 heteroatoms. The molecule has 0 saturated carbocycles. The van der Waals surface area contributed by atoms with Crippen LogP contribution in [-0.4, -0.2) is 55.2 Å². The van der Waals surface area contributed by atoms with E-state index < -0.39 is 5.91 Å². The average molecular weight is 400 g/mol. The molecule has 1 aliphatic rings. The minimum atomic E-state index is -0.617. The van der Waals surface area contributed by atoms with Gasteiger partial charge in [0.05, 0.1) is 20.8 Å². The Labute approximate surface area is 168 Å². The molecule has 3 N–H and O–H groups in total. The van der Waals surface area contributed by atoms with Crippen molar-refractivity contribution in [3.8, 4) is 17.2 Å². The number of primary amides is 1. The number of nitrogens with two attached hydrogens (primary N) is 1. The molecule has 3 rings (SSSR count). The molecule has 0 aliphatic carbocycles. The van der Waals surface area contributed by atoms with Gasteiger partial charge in [0.2, 0.25) is 0 Å². The number of amides is 3. The summed E-state index contributed by atoms with van der Waals surface area (Å²) >= 11 is 0. The summed E-state index contributed by atoms with van der Waals surface area (Å²) in [7, 11) is 3.10. The minimum absolute atomic E-state index is 0.139. The van der Waals surface area contributed by atoms with Gasteiger partial charge in [0, 0.05) is 42.7 Å². The Morgan fingerprint density at radius 3 is 2.52 bits per heavy atom. The number of aromatic nitrogens is 1. The van der Waals surface area contributed by atoms with Crippen molar-refractivity contribution in [3.63, 3.8) is 0 Å². The van der Waals surface area contributed by atoms with Crippen molar-refractivity contribution < 1.29 is 23.8 Å². The largest absolute Gasteiger partial charge is 0.497 e. The zero-order chi connectivity index (χ0) is 20.8. The number of carbonyl (C=O) groups excluding carboxylic acids is 2. The summed E-state index contributed by atoms with van der Waals surface area (Å²) in [5.74, 6) is 1.05. The number of piperidine rings is 1. The van der Waals surface area contributed by atoms with Crippen LogP contribution in [0.3, 0.4) is 0 Å². The molecule has 1 fully saturated rings. The number of carbonyl (C=O) groups is 2. The van der Waals surface area contributed by atoms with E-state index in [0.29, 0.717) is 36.0 Å². The van der Waals surface area contributed by atoms with Gasteiger partial charge in [0.25, 0.3) is 5.91 Å². The molecule has 2 heterocycles. The van der Waals surface area contributed by atoms with Crippen LogP contribution in [0.25, 0.3) is 0 Å². The molecule has 0 spiro atoms. The van der Waals surface area contributed by atoms with Crippen LogP contribution in [0.2, 0.25) is 0 Å². The Morgan fingerprint density at radius 1 is 1.14 bits per heavy atom. The van der Waals surface area contributed by atoms with Gasteiger partial charge in [0.15, 0.2) is 0 Å². The summed E-state index contributed by atoms with van der Waals surface area (Å²) < 4.78 is 16.4. The third-order valence-corrected chi connectivity index (χ3v) is 4.55.